The maximum absolute atomic E-state index is 12.3. The number of methoxy groups -OCH3 is 1. The van der Waals surface area contributed by atoms with E-state index in [0.717, 1.165) is 11.5 Å². The number of rotatable bonds is 6. The highest BCUT2D eigenvalue weighted by atomic mass is 16.5. The summed E-state index contributed by atoms with van der Waals surface area (Å²) >= 11 is 0. The van der Waals surface area contributed by atoms with Crippen LogP contribution >= 0.6 is 0 Å². The van der Waals surface area contributed by atoms with E-state index < -0.39 is 5.97 Å². The van der Waals surface area contributed by atoms with Crippen molar-refractivity contribution < 1.29 is 14.3 Å². The van der Waals surface area contributed by atoms with Gasteiger partial charge in [0.2, 0.25) is 0 Å². The minimum atomic E-state index is -0.408. The molecule has 1 N–H and O–H groups in total. The summed E-state index contributed by atoms with van der Waals surface area (Å²) in [5.74, 6) is 0.918. The predicted octanol–water partition coefficient (Wildman–Crippen LogP) is 3.80. The van der Waals surface area contributed by atoms with E-state index in [1.165, 1.54) is 0 Å². The Balaban J connectivity index is 1.96. The largest absolute Gasteiger partial charge is 0.497 e. The topological polar surface area (TPSA) is 65.4 Å². The van der Waals surface area contributed by atoms with Crippen LogP contribution in [0.1, 0.15) is 17.3 Å². The standard InChI is InChI=1S/C19H19N3O3/c1-3-25-19(23)16-13-15(24-2)9-10-17(16)21-18-11-12-20-22(18)14-7-5-4-6-8-14/h4-13,21H,3H2,1-2H3. The van der Waals surface area contributed by atoms with Crippen molar-refractivity contribution >= 4 is 17.5 Å². The lowest BCUT2D eigenvalue weighted by Crippen LogP contribution is -2.10. The number of benzene rings is 2. The van der Waals surface area contributed by atoms with Crippen LogP contribution in [0.15, 0.2) is 60.8 Å². The molecular formula is C19H19N3O3. The number of esters is 1. The average Bonchev–Trinajstić information content (AvgIpc) is 3.11. The maximum atomic E-state index is 12.3. The molecule has 25 heavy (non-hydrogen) atoms. The molecule has 6 heteroatoms. The number of nitrogens with zero attached hydrogens (tertiary/aromatic N) is 2. The molecule has 1 heterocycles. The second-order valence-electron chi connectivity index (χ2n) is 5.22. The van der Waals surface area contributed by atoms with Gasteiger partial charge in [0.15, 0.2) is 0 Å². The van der Waals surface area contributed by atoms with Crippen molar-refractivity contribution in [2.45, 2.75) is 6.92 Å². The zero-order valence-electron chi connectivity index (χ0n) is 14.1. The van der Waals surface area contributed by atoms with E-state index in [9.17, 15) is 4.79 Å². The van der Waals surface area contributed by atoms with Crippen molar-refractivity contribution in [2.24, 2.45) is 0 Å². The molecule has 0 spiro atoms. The summed E-state index contributed by atoms with van der Waals surface area (Å²) in [5, 5.41) is 7.59. The lowest BCUT2D eigenvalue weighted by molar-refractivity contribution is 0.0527. The number of anilines is 2. The van der Waals surface area contributed by atoms with Gasteiger partial charge in [0.1, 0.15) is 11.6 Å². The molecule has 0 radical (unpaired) electrons. The van der Waals surface area contributed by atoms with Crippen molar-refractivity contribution in [3.05, 3.63) is 66.4 Å². The fourth-order valence-electron chi connectivity index (χ4n) is 2.45. The third-order valence-corrected chi connectivity index (χ3v) is 3.63. The molecule has 0 amide bonds. The first kappa shape index (κ1) is 16.6. The second-order valence-corrected chi connectivity index (χ2v) is 5.22. The van der Waals surface area contributed by atoms with Crippen LogP contribution in [0.2, 0.25) is 0 Å². The Morgan fingerprint density at radius 1 is 1.16 bits per heavy atom. The van der Waals surface area contributed by atoms with Crippen molar-refractivity contribution in [2.75, 3.05) is 19.0 Å². The second kappa shape index (κ2) is 7.53. The molecule has 0 bridgehead atoms. The summed E-state index contributed by atoms with van der Waals surface area (Å²) in [6.07, 6.45) is 1.70. The molecule has 0 aliphatic rings. The monoisotopic (exact) mass is 337 g/mol. The van der Waals surface area contributed by atoms with Crippen LogP contribution in [0.25, 0.3) is 5.69 Å². The van der Waals surface area contributed by atoms with Gasteiger partial charge in [0.05, 0.1) is 36.9 Å². The molecule has 1 aromatic heterocycles. The molecule has 3 aromatic rings. The molecule has 3 rings (SSSR count). The highest BCUT2D eigenvalue weighted by molar-refractivity contribution is 5.97. The summed E-state index contributed by atoms with van der Waals surface area (Å²) in [6, 6.07) is 16.8. The summed E-state index contributed by atoms with van der Waals surface area (Å²) in [4.78, 5) is 12.3. The van der Waals surface area contributed by atoms with Gasteiger partial charge in [-0.05, 0) is 37.3 Å². The summed E-state index contributed by atoms with van der Waals surface area (Å²) < 4.78 is 12.1. The first-order valence-electron chi connectivity index (χ1n) is 7.94. The summed E-state index contributed by atoms with van der Waals surface area (Å²) in [6.45, 7) is 2.08. The van der Waals surface area contributed by atoms with Crippen LogP contribution in [0.3, 0.4) is 0 Å². The Labute approximate surface area is 146 Å². The van der Waals surface area contributed by atoms with Crippen molar-refractivity contribution in [1.29, 1.82) is 0 Å². The van der Waals surface area contributed by atoms with E-state index in [1.807, 2.05) is 36.4 Å². The highest BCUT2D eigenvalue weighted by Crippen LogP contribution is 2.27. The first-order valence-corrected chi connectivity index (χ1v) is 7.94. The van der Waals surface area contributed by atoms with Crippen LogP contribution in [-0.2, 0) is 4.74 Å². The highest BCUT2D eigenvalue weighted by Gasteiger charge is 2.16. The normalized spacial score (nSPS) is 10.3. The summed E-state index contributed by atoms with van der Waals surface area (Å²) in [5.41, 5.74) is 1.94. The SMILES string of the molecule is CCOC(=O)c1cc(OC)ccc1Nc1ccnn1-c1ccccc1. The zero-order valence-corrected chi connectivity index (χ0v) is 14.1. The Kier molecular flexibility index (Phi) is 4.99. The lowest BCUT2D eigenvalue weighted by Gasteiger charge is -2.14. The Bertz CT molecular complexity index is 859. The molecule has 128 valence electrons. The molecule has 0 unspecified atom stereocenters. The Hall–Kier alpha value is -3.28. The number of nitrogens with one attached hydrogen (secondary N) is 1. The number of carbonyl (C=O) groups excluding carboxylic acids is 1. The molecule has 0 aliphatic heterocycles. The molecule has 0 saturated heterocycles. The van der Waals surface area contributed by atoms with Gasteiger partial charge in [-0.1, -0.05) is 18.2 Å². The minimum absolute atomic E-state index is 0.303. The van der Waals surface area contributed by atoms with E-state index in [2.05, 4.69) is 10.4 Å². The van der Waals surface area contributed by atoms with E-state index in [-0.39, 0.29) is 0 Å². The van der Waals surface area contributed by atoms with Crippen molar-refractivity contribution in [3.63, 3.8) is 0 Å². The number of aromatic nitrogens is 2. The van der Waals surface area contributed by atoms with Gasteiger partial charge in [-0.3, -0.25) is 0 Å². The molecule has 0 aliphatic carbocycles. The molecule has 6 nitrogen and oxygen atoms in total. The summed E-state index contributed by atoms with van der Waals surface area (Å²) in [7, 11) is 1.56. The third-order valence-electron chi connectivity index (χ3n) is 3.63. The van der Waals surface area contributed by atoms with Gasteiger partial charge in [0.25, 0.3) is 0 Å². The van der Waals surface area contributed by atoms with Crippen LogP contribution < -0.4 is 10.1 Å². The van der Waals surface area contributed by atoms with E-state index in [4.69, 9.17) is 9.47 Å². The lowest BCUT2D eigenvalue weighted by atomic mass is 10.1. The third kappa shape index (κ3) is 3.63. The van der Waals surface area contributed by atoms with Crippen LogP contribution in [-0.4, -0.2) is 29.5 Å². The molecular weight excluding hydrogens is 318 g/mol. The molecule has 0 atom stereocenters. The van der Waals surface area contributed by atoms with E-state index >= 15 is 0 Å². The first-order chi connectivity index (χ1) is 12.2. The van der Waals surface area contributed by atoms with Gasteiger partial charge >= 0.3 is 5.97 Å². The van der Waals surface area contributed by atoms with Crippen LogP contribution in [0, 0.1) is 0 Å². The fraction of sp³-hybridized carbons (Fsp3) is 0.158. The number of ether oxygens (including phenoxy) is 2. The van der Waals surface area contributed by atoms with Crippen molar-refractivity contribution in [1.82, 2.24) is 9.78 Å². The maximum Gasteiger partial charge on any atom is 0.340 e. The van der Waals surface area contributed by atoms with Gasteiger partial charge in [0, 0.05) is 6.07 Å². The smallest absolute Gasteiger partial charge is 0.340 e. The van der Waals surface area contributed by atoms with Crippen LogP contribution in [0.5, 0.6) is 5.75 Å². The van der Waals surface area contributed by atoms with E-state index in [1.54, 1.807) is 43.1 Å². The Morgan fingerprint density at radius 2 is 1.96 bits per heavy atom. The number of carbonyl (C=O) groups is 1. The van der Waals surface area contributed by atoms with Crippen molar-refractivity contribution in [3.8, 4) is 11.4 Å². The predicted molar refractivity (Wildman–Crippen MR) is 95.8 cm³/mol. The fourth-order valence-corrected chi connectivity index (χ4v) is 2.45. The number of para-hydroxylation sites is 1. The minimum Gasteiger partial charge on any atom is -0.497 e. The molecule has 2 aromatic carbocycles. The molecule has 0 saturated carbocycles. The van der Waals surface area contributed by atoms with Crippen LogP contribution in [0.4, 0.5) is 11.5 Å². The molecule has 0 fully saturated rings. The van der Waals surface area contributed by atoms with E-state index in [0.29, 0.717) is 23.6 Å². The Morgan fingerprint density at radius 3 is 2.68 bits per heavy atom. The van der Waals surface area contributed by atoms with Gasteiger partial charge in [-0.15, -0.1) is 0 Å². The van der Waals surface area contributed by atoms with Gasteiger partial charge in [-0.2, -0.15) is 5.10 Å². The zero-order chi connectivity index (χ0) is 17.6. The average molecular weight is 337 g/mol. The number of hydrogen-bond donors (Lipinski definition) is 1. The number of hydrogen-bond acceptors (Lipinski definition) is 5. The quantitative estimate of drug-likeness (QED) is 0.693. The van der Waals surface area contributed by atoms with Gasteiger partial charge in [-0.25, -0.2) is 9.48 Å². The van der Waals surface area contributed by atoms with Gasteiger partial charge < -0.3 is 14.8 Å².